The highest BCUT2D eigenvalue weighted by atomic mass is 16.4. The fourth-order valence-corrected chi connectivity index (χ4v) is 1.86. The standard InChI is InChI=1S/C15H20N2O4/c1-12(18)17(10-13-6-4-3-5-7-13)9-8-14(19)16(2)11-15(20)21/h3-7H,8-11H2,1-2H3,(H,20,21). The second-order valence-electron chi connectivity index (χ2n) is 4.82. The summed E-state index contributed by atoms with van der Waals surface area (Å²) in [6, 6.07) is 9.49. The van der Waals surface area contributed by atoms with Gasteiger partial charge in [-0.05, 0) is 5.56 Å². The van der Waals surface area contributed by atoms with Gasteiger partial charge in [0.2, 0.25) is 11.8 Å². The number of carboxylic acid groups (broad SMARTS) is 1. The third-order valence-corrected chi connectivity index (χ3v) is 3.06. The predicted octanol–water partition coefficient (Wildman–Crippen LogP) is 0.968. The highest BCUT2D eigenvalue weighted by Crippen LogP contribution is 2.06. The van der Waals surface area contributed by atoms with Crippen molar-refractivity contribution in [3.63, 3.8) is 0 Å². The summed E-state index contributed by atoms with van der Waals surface area (Å²) in [6.45, 7) is 1.82. The van der Waals surface area contributed by atoms with E-state index in [1.54, 1.807) is 4.90 Å². The van der Waals surface area contributed by atoms with E-state index in [0.717, 1.165) is 10.5 Å². The van der Waals surface area contributed by atoms with E-state index >= 15 is 0 Å². The number of carbonyl (C=O) groups excluding carboxylic acids is 2. The Balaban J connectivity index is 2.54. The fraction of sp³-hybridized carbons (Fsp3) is 0.400. The molecule has 0 saturated carbocycles. The molecule has 114 valence electrons. The molecule has 1 aromatic carbocycles. The number of hydrogen-bond donors (Lipinski definition) is 1. The van der Waals surface area contributed by atoms with Crippen molar-refractivity contribution in [2.24, 2.45) is 0 Å². The van der Waals surface area contributed by atoms with Crippen molar-refractivity contribution in [1.29, 1.82) is 0 Å². The molecule has 0 atom stereocenters. The number of hydrogen-bond acceptors (Lipinski definition) is 3. The van der Waals surface area contributed by atoms with Gasteiger partial charge in [-0.3, -0.25) is 14.4 Å². The second-order valence-corrected chi connectivity index (χ2v) is 4.82. The van der Waals surface area contributed by atoms with Crippen LogP contribution in [0.3, 0.4) is 0 Å². The van der Waals surface area contributed by atoms with Crippen LogP contribution >= 0.6 is 0 Å². The molecular formula is C15H20N2O4. The largest absolute Gasteiger partial charge is 0.480 e. The number of amides is 2. The number of rotatable bonds is 7. The summed E-state index contributed by atoms with van der Waals surface area (Å²) < 4.78 is 0. The number of carboxylic acids is 1. The zero-order valence-corrected chi connectivity index (χ0v) is 12.3. The minimum absolute atomic E-state index is 0.107. The molecule has 1 aromatic rings. The van der Waals surface area contributed by atoms with E-state index < -0.39 is 5.97 Å². The molecule has 0 bridgehead atoms. The summed E-state index contributed by atoms with van der Waals surface area (Å²) in [7, 11) is 1.44. The van der Waals surface area contributed by atoms with Gasteiger partial charge in [0.15, 0.2) is 0 Å². The molecule has 0 unspecified atom stereocenters. The van der Waals surface area contributed by atoms with E-state index in [1.165, 1.54) is 14.0 Å². The summed E-state index contributed by atoms with van der Waals surface area (Å²) in [4.78, 5) is 36.7. The van der Waals surface area contributed by atoms with Crippen molar-refractivity contribution >= 4 is 17.8 Å². The van der Waals surface area contributed by atoms with Crippen LogP contribution in [0.2, 0.25) is 0 Å². The Morgan fingerprint density at radius 2 is 1.76 bits per heavy atom. The van der Waals surface area contributed by atoms with Gasteiger partial charge in [-0.15, -0.1) is 0 Å². The van der Waals surface area contributed by atoms with Gasteiger partial charge < -0.3 is 14.9 Å². The average molecular weight is 292 g/mol. The Morgan fingerprint density at radius 1 is 1.14 bits per heavy atom. The molecule has 6 nitrogen and oxygen atoms in total. The van der Waals surface area contributed by atoms with Gasteiger partial charge in [-0.1, -0.05) is 30.3 Å². The van der Waals surface area contributed by atoms with E-state index in [2.05, 4.69) is 0 Å². The molecule has 21 heavy (non-hydrogen) atoms. The first kappa shape index (κ1) is 16.7. The van der Waals surface area contributed by atoms with Gasteiger partial charge >= 0.3 is 5.97 Å². The van der Waals surface area contributed by atoms with Gasteiger partial charge in [0, 0.05) is 33.5 Å². The molecule has 0 radical (unpaired) electrons. The summed E-state index contributed by atoms with van der Waals surface area (Å²) in [5.41, 5.74) is 0.985. The van der Waals surface area contributed by atoms with Crippen molar-refractivity contribution in [3.8, 4) is 0 Å². The summed E-state index contributed by atoms with van der Waals surface area (Å²) in [6.07, 6.45) is 0.107. The van der Waals surface area contributed by atoms with Crippen LogP contribution in [0.5, 0.6) is 0 Å². The van der Waals surface area contributed by atoms with Gasteiger partial charge in [-0.25, -0.2) is 0 Å². The lowest BCUT2D eigenvalue weighted by Crippen LogP contribution is -2.36. The van der Waals surface area contributed by atoms with Crippen LogP contribution in [0, 0.1) is 0 Å². The van der Waals surface area contributed by atoms with E-state index in [1.807, 2.05) is 30.3 Å². The number of aliphatic carboxylic acids is 1. The van der Waals surface area contributed by atoms with Crippen LogP contribution < -0.4 is 0 Å². The minimum atomic E-state index is -1.06. The van der Waals surface area contributed by atoms with Crippen LogP contribution in [0.1, 0.15) is 18.9 Å². The lowest BCUT2D eigenvalue weighted by atomic mass is 10.2. The Labute approximate surface area is 124 Å². The lowest BCUT2D eigenvalue weighted by molar-refractivity contribution is -0.144. The Kier molecular flexibility index (Phi) is 6.39. The smallest absolute Gasteiger partial charge is 0.323 e. The average Bonchev–Trinajstić information content (AvgIpc) is 2.43. The molecule has 0 saturated heterocycles. The van der Waals surface area contributed by atoms with E-state index in [9.17, 15) is 14.4 Å². The Hall–Kier alpha value is -2.37. The number of carbonyl (C=O) groups is 3. The molecule has 0 spiro atoms. The number of nitrogens with zero attached hydrogens (tertiary/aromatic N) is 2. The normalized spacial score (nSPS) is 10.0. The van der Waals surface area contributed by atoms with E-state index in [-0.39, 0.29) is 31.3 Å². The maximum atomic E-state index is 11.8. The highest BCUT2D eigenvalue weighted by molar-refractivity contribution is 5.81. The molecule has 0 fully saturated rings. The topological polar surface area (TPSA) is 77.9 Å². The van der Waals surface area contributed by atoms with E-state index in [0.29, 0.717) is 6.54 Å². The van der Waals surface area contributed by atoms with Crippen LogP contribution in [0.25, 0.3) is 0 Å². The SMILES string of the molecule is CC(=O)N(CCC(=O)N(C)CC(=O)O)Cc1ccccc1. The summed E-state index contributed by atoms with van der Waals surface area (Å²) in [5.74, 6) is -1.47. The third kappa shape index (κ3) is 6.07. The third-order valence-electron chi connectivity index (χ3n) is 3.06. The zero-order valence-electron chi connectivity index (χ0n) is 12.3. The fourth-order valence-electron chi connectivity index (χ4n) is 1.86. The first-order chi connectivity index (χ1) is 9.90. The monoisotopic (exact) mass is 292 g/mol. The maximum absolute atomic E-state index is 11.8. The minimum Gasteiger partial charge on any atom is -0.480 e. The first-order valence-corrected chi connectivity index (χ1v) is 6.65. The predicted molar refractivity (Wildman–Crippen MR) is 77.4 cm³/mol. The van der Waals surface area contributed by atoms with Crippen molar-refractivity contribution in [2.75, 3.05) is 20.1 Å². The summed E-state index contributed by atoms with van der Waals surface area (Å²) >= 11 is 0. The van der Waals surface area contributed by atoms with Crippen molar-refractivity contribution in [2.45, 2.75) is 19.9 Å². The second kappa shape index (κ2) is 8.04. The van der Waals surface area contributed by atoms with Gasteiger partial charge in [0.05, 0.1) is 0 Å². The molecular weight excluding hydrogens is 272 g/mol. The lowest BCUT2D eigenvalue weighted by Gasteiger charge is -2.22. The Morgan fingerprint density at radius 3 is 2.29 bits per heavy atom. The highest BCUT2D eigenvalue weighted by Gasteiger charge is 2.15. The molecule has 6 heteroatoms. The molecule has 1 rings (SSSR count). The molecule has 0 aromatic heterocycles. The van der Waals surface area contributed by atoms with Crippen LogP contribution in [-0.2, 0) is 20.9 Å². The van der Waals surface area contributed by atoms with Crippen LogP contribution in [0.15, 0.2) is 30.3 Å². The molecule has 0 aliphatic rings. The zero-order chi connectivity index (χ0) is 15.8. The molecule has 1 N–H and O–H groups in total. The van der Waals surface area contributed by atoms with Gasteiger partial charge in [0.1, 0.15) is 6.54 Å². The molecule has 0 aliphatic heterocycles. The van der Waals surface area contributed by atoms with Gasteiger partial charge in [-0.2, -0.15) is 0 Å². The molecule has 0 aliphatic carbocycles. The van der Waals surface area contributed by atoms with Crippen LogP contribution in [0.4, 0.5) is 0 Å². The van der Waals surface area contributed by atoms with Crippen molar-refractivity contribution in [3.05, 3.63) is 35.9 Å². The quantitative estimate of drug-likeness (QED) is 0.812. The molecule has 0 heterocycles. The molecule has 2 amide bonds. The Bertz CT molecular complexity index is 502. The first-order valence-electron chi connectivity index (χ1n) is 6.65. The summed E-state index contributed by atoms with van der Waals surface area (Å²) in [5, 5.41) is 8.63. The maximum Gasteiger partial charge on any atom is 0.323 e. The van der Waals surface area contributed by atoms with E-state index in [4.69, 9.17) is 5.11 Å². The van der Waals surface area contributed by atoms with Gasteiger partial charge in [0.25, 0.3) is 0 Å². The number of likely N-dealkylation sites (N-methyl/N-ethyl adjacent to an activating group) is 1. The number of benzene rings is 1. The van der Waals surface area contributed by atoms with Crippen LogP contribution in [-0.4, -0.2) is 52.8 Å². The van der Waals surface area contributed by atoms with Crippen molar-refractivity contribution in [1.82, 2.24) is 9.80 Å². The van der Waals surface area contributed by atoms with Crippen molar-refractivity contribution < 1.29 is 19.5 Å².